The molecule has 0 atom stereocenters. The first-order chi connectivity index (χ1) is 12.8. The number of nitrogens with zero attached hydrogens (tertiary/aromatic N) is 2. The summed E-state index contributed by atoms with van der Waals surface area (Å²) in [4.78, 5) is 8.18. The number of halogens is 1. The summed E-state index contributed by atoms with van der Waals surface area (Å²) in [7, 11) is 1.61. The van der Waals surface area contributed by atoms with Crippen molar-refractivity contribution in [3.63, 3.8) is 0 Å². The van der Waals surface area contributed by atoms with Gasteiger partial charge >= 0.3 is 0 Å². The highest BCUT2D eigenvalue weighted by Crippen LogP contribution is 2.37. The second-order valence-electron chi connectivity index (χ2n) is 5.72. The van der Waals surface area contributed by atoms with Crippen molar-refractivity contribution in [1.29, 1.82) is 0 Å². The number of rotatable bonds is 8. The highest BCUT2D eigenvalue weighted by atomic mass is 35.5. The molecule has 0 spiro atoms. The van der Waals surface area contributed by atoms with Crippen LogP contribution in [0, 0.1) is 0 Å². The second-order valence-corrected chi connectivity index (χ2v) is 6.13. The summed E-state index contributed by atoms with van der Waals surface area (Å²) in [5, 5.41) is 3.89. The van der Waals surface area contributed by atoms with Crippen molar-refractivity contribution in [1.82, 2.24) is 15.3 Å². The average Bonchev–Trinajstić information content (AvgIpc) is 2.68. The molecule has 0 radical (unpaired) electrons. The van der Waals surface area contributed by atoms with Crippen LogP contribution in [0.3, 0.4) is 0 Å². The smallest absolute Gasteiger partial charge is 0.180 e. The fourth-order valence-corrected chi connectivity index (χ4v) is 2.80. The largest absolute Gasteiger partial charge is 0.493 e. The zero-order valence-corrected chi connectivity index (χ0v) is 15.2. The molecule has 0 amide bonds. The molecule has 0 saturated heterocycles. The van der Waals surface area contributed by atoms with Gasteiger partial charge in [-0.15, -0.1) is 0 Å². The number of nitrogens with one attached hydrogen (secondary N) is 1. The Bertz CT molecular complexity index is 829. The molecule has 0 aliphatic carbocycles. The lowest BCUT2D eigenvalue weighted by Gasteiger charge is -2.14. The van der Waals surface area contributed by atoms with Crippen molar-refractivity contribution in [2.24, 2.45) is 0 Å². The number of hydrogen-bond acceptors (Lipinski definition) is 5. The van der Waals surface area contributed by atoms with Gasteiger partial charge in [0.15, 0.2) is 11.5 Å². The van der Waals surface area contributed by atoms with Crippen molar-refractivity contribution in [3.05, 3.63) is 82.9 Å². The van der Waals surface area contributed by atoms with E-state index in [0.717, 1.165) is 23.2 Å². The van der Waals surface area contributed by atoms with Crippen LogP contribution in [-0.2, 0) is 19.7 Å². The van der Waals surface area contributed by atoms with Gasteiger partial charge in [-0.3, -0.25) is 9.97 Å². The SMILES string of the molecule is COc1cc(CNCc2cccnc2)cc(Cl)c1OCc1cccnc1. The Morgan fingerprint density at radius 1 is 0.962 bits per heavy atom. The van der Waals surface area contributed by atoms with Crippen LogP contribution in [0.4, 0.5) is 0 Å². The molecule has 2 aromatic heterocycles. The van der Waals surface area contributed by atoms with E-state index >= 15 is 0 Å². The van der Waals surface area contributed by atoms with Crippen molar-refractivity contribution in [2.45, 2.75) is 19.7 Å². The van der Waals surface area contributed by atoms with Gasteiger partial charge in [0.05, 0.1) is 12.1 Å². The summed E-state index contributed by atoms with van der Waals surface area (Å²) in [6.07, 6.45) is 7.09. The third-order valence-electron chi connectivity index (χ3n) is 3.78. The maximum Gasteiger partial charge on any atom is 0.180 e. The van der Waals surface area contributed by atoms with E-state index in [1.807, 2.05) is 42.6 Å². The first kappa shape index (κ1) is 18.2. The molecule has 1 aromatic carbocycles. The number of benzene rings is 1. The van der Waals surface area contributed by atoms with Gasteiger partial charge in [-0.2, -0.15) is 0 Å². The molecule has 0 bridgehead atoms. The predicted octanol–water partition coefficient (Wildman–Crippen LogP) is 4.01. The Balaban J connectivity index is 1.64. The molecule has 0 fully saturated rings. The lowest BCUT2D eigenvalue weighted by molar-refractivity contribution is 0.284. The van der Waals surface area contributed by atoms with Crippen molar-refractivity contribution < 1.29 is 9.47 Å². The first-order valence-corrected chi connectivity index (χ1v) is 8.62. The molecule has 0 aliphatic heterocycles. The molecule has 134 valence electrons. The minimum atomic E-state index is 0.378. The molecular formula is C20H20ClN3O2. The van der Waals surface area contributed by atoms with Gasteiger partial charge in [-0.05, 0) is 35.4 Å². The van der Waals surface area contributed by atoms with E-state index in [-0.39, 0.29) is 0 Å². The first-order valence-electron chi connectivity index (χ1n) is 8.24. The van der Waals surface area contributed by atoms with Crippen LogP contribution in [-0.4, -0.2) is 17.1 Å². The highest BCUT2D eigenvalue weighted by molar-refractivity contribution is 6.32. The van der Waals surface area contributed by atoms with Crippen molar-refractivity contribution >= 4 is 11.6 Å². The molecule has 0 unspecified atom stereocenters. The van der Waals surface area contributed by atoms with E-state index in [1.54, 1.807) is 25.7 Å². The van der Waals surface area contributed by atoms with Gasteiger partial charge < -0.3 is 14.8 Å². The summed E-state index contributed by atoms with van der Waals surface area (Å²) in [6.45, 7) is 1.77. The quantitative estimate of drug-likeness (QED) is 0.650. The number of ether oxygens (including phenoxy) is 2. The fraction of sp³-hybridized carbons (Fsp3) is 0.200. The Morgan fingerprint density at radius 2 is 1.65 bits per heavy atom. The van der Waals surface area contributed by atoms with Crippen LogP contribution in [0.1, 0.15) is 16.7 Å². The lowest BCUT2D eigenvalue weighted by Crippen LogP contribution is -2.13. The maximum absolute atomic E-state index is 6.42. The van der Waals surface area contributed by atoms with Gasteiger partial charge in [0, 0.05) is 43.4 Å². The Labute approximate surface area is 158 Å². The van der Waals surface area contributed by atoms with Gasteiger partial charge in [-0.25, -0.2) is 0 Å². The summed E-state index contributed by atoms with van der Waals surface area (Å²) in [6, 6.07) is 11.6. The summed E-state index contributed by atoms with van der Waals surface area (Å²) < 4.78 is 11.3. The van der Waals surface area contributed by atoms with Crippen molar-refractivity contribution in [3.8, 4) is 11.5 Å². The minimum Gasteiger partial charge on any atom is -0.493 e. The molecule has 5 nitrogen and oxygen atoms in total. The molecule has 1 N–H and O–H groups in total. The van der Waals surface area contributed by atoms with Gasteiger partial charge in [0.1, 0.15) is 6.61 Å². The summed E-state index contributed by atoms with van der Waals surface area (Å²) in [5.74, 6) is 1.15. The minimum absolute atomic E-state index is 0.378. The van der Waals surface area contributed by atoms with Crippen LogP contribution < -0.4 is 14.8 Å². The van der Waals surface area contributed by atoms with Crippen LogP contribution >= 0.6 is 11.6 Å². The van der Waals surface area contributed by atoms with Crippen molar-refractivity contribution in [2.75, 3.05) is 7.11 Å². The number of methoxy groups -OCH3 is 1. The van der Waals surface area contributed by atoms with E-state index in [0.29, 0.717) is 29.7 Å². The number of pyridine rings is 2. The highest BCUT2D eigenvalue weighted by Gasteiger charge is 2.12. The third kappa shape index (κ3) is 4.94. The Kier molecular flexibility index (Phi) is 6.41. The molecule has 6 heteroatoms. The van der Waals surface area contributed by atoms with Crippen LogP contribution in [0.2, 0.25) is 5.02 Å². The number of aromatic nitrogens is 2. The molecule has 26 heavy (non-hydrogen) atoms. The van der Waals surface area contributed by atoms with Gasteiger partial charge in [0.25, 0.3) is 0 Å². The molecule has 2 heterocycles. The zero-order valence-electron chi connectivity index (χ0n) is 14.5. The molecular weight excluding hydrogens is 350 g/mol. The topological polar surface area (TPSA) is 56.3 Å². The molecule has 3 aromatic rings. The summed E-state index contributed by atoms with van der Waals surface area (Å²) in [5.41, 5.74) is 3.11. The monoisotopic (exact) mass is 369 g/mol. The predicted molar refractivity (Wildman–Crippen MR) is 101 cm³/mol. The van der Waals surface area contributed by atoms with E-state index in [1.165, 1.54) is 0 Å². The zero-order chi connectivity index (χ0) is 18.2. The Morgan fingerprint density at radius 3 is 2.31 bits per heavy atom. The standard InChI is InChI=1S/C20H20ClN3O2/c1-25-19-9-17(13-24-11-15-4-2-6-22-10-15)8-18(21)20(19)26-14-16-5-3-7-23-12-16/h2-10,12,24H,11,13-14H2,1H3. The summed E-state index contributed by atoms with van der Waals surface area (Å²) >= 11 is 6.42. The lowest BCUT2D eigenvalue weighted by atomic mass is 10.2. The average molecular weight is 370 g/mol. The fourth-order valence-electron chi connectivity index (χ4n) is 2.51. The maximum atomic E-state index is 6.42. The second kappa shape index (κ2) is 9.17. The van der Waals surface area contributed by atoms with E-state index in [4.69, 9.17) is 21.1 Å². The van der Waals surface area contributed by atoms with E-state index in [2.05, 4.69) is 15.3 Å². The third-order valence-corrected chi connectivity index (χ3v) is 4.06. The Hall–Kier alpha value is -2.63. The molecule has 0 saturated carbocycles. The van der Waals surface area contributed by atoms with E-state index in [9.17, 15) is 0 Å². The van der Waals surface area contributed by atoms with Gasteiger partial charge in [0.2, 0.25) is 0 Å². The van der Waals surface area contributed by atoms with Crippen LogP contribution in [0.25, 0.3) is 0 Å². The van der Waals surface area contributed by atoms with Gasteiger partial charge in [-0.1, -0.05) is 23.7 Å². The van der Waals surface area contributed by atoms with Crippen LogP contribution in [0.5, 0.6) is 11.5 Å². The number of hydrogen-bond donors (Lipinski definition) is 1. The normalized spacial score (nSPS) is 10.5. The molecule has 0 aliphatic rings. The van der Waals surface area contributed by atoms with Crippen LogP contribution in [0.15, 0.2) is 61.2 Å². The molecule has 3 rings (SSSR count). The van der Waals surface area contributed by atoms with E-state index < -0.39 is 0 Å².